The Bertz CT molecular complexity index is 260. The predicted molar refractivity (Wildman–Crippen MR) is 61.7 cm³/mol. The summed E-state index contributed by atoms with van der Waals surface area (Å²) in [7, 11) is 0. The van der Waals surface area contributed by atoms with Crippen molar-refractivity contribution >= 4 is 0 Å². The highest BCUT2D eigenvalue weighted by Crippen LogP contribution is 2.10. The minimum atomic E-state index is 1.20. The molecule has 0 spiro atoms. The largest absolute Gasteiger partial charge is 0.0990 e. The summed E-state index contributed by atoms with van der Waals surface area (Å²) in [6.45, 7) is 9.82. The van der Waals surface area contributed by atoms with Gasteiger partial charge in [0.1, 0.15) is 0 Å². The van der Waals surface area contributed by atoms with E-state index < -0.39 is 0 Å². The summed E-state index contributed by atoms with van der Waals surface area (Å²) in [5.74, 6) is 0. The predicted octanol–water partition coefficient (Wildman–Crippen LogP) is 4.20. The van der Waals surface area contributed by atoms with Crippen LogP contribution >= 0.6 is 0 Å². The number of hydrogen-bond donors (Lipinski definition) is 0. The average molecular weight is 174 g/mol. The zero-order valence-electron chi connectivity index (χ0n) is 8.75. The van der Waals surface area contributed by atoms with Gasteiger partial charge in [-0.3, -0.25) is 0 Å². The van der Waals surface area contributed by atoms with E-state index in [2.05, 4.69) is 25.7 Å². The molecule has 0 saturated heterocycles. The lowest BCUT2D eigenvalue weighted by molar-refractivity contribution is 1.40. The maximum absolute atomic E-state index is 3.69. The van der Waals surface area contributed by atoms with Crippen molar-refractivity contribution in [3.8, 4) is 0 Å². The van der Waals surface area contributed by atoms with E-state index in [1.165, 1.54) is 11.1 Å². The van der Waals surface area contributed by atoms with Crippen LogP contribution in [0.15, 0.2) is 60.3 Å². The molecule has 0 radical (unpaired) electrons. The summed E-state index contributed by atoms with van der Waals surface area (Å²) in [4.78, 5) is 0. The monoisotopic (exact) mass is 174 g/mol. The highest BCUT2D eigenvalue weighted by atomic mass is 14.0. The summed E-state index contributed by atoms with van der Waals surface area (Å²) in [5, 5.41) is 0. The quantitative estimate of drug-likeness (QED) is 0.560. The first-order chi connectivity index (χ1) is 6.26. The summed E-state index contributed by atoms with van der Waals surface area (Å²) >= 11 is 0. The van der Waals surface area contributed by atoms with Crippen molar-refractivity contribution in [2.45, 2.75) is 20.8 Å². The van der Waals surface area contributed by atoms with Crippen LogP contribution in [0.3, 0.4) is 0 Å². The molecule has 0 aromatic heterocycles. The molecule has 13 heavy (non-hydrogen) atoms. The van der Waals surface area contributed by atoms with Gasteiger partial charge in [-0.15, -0.1) is 0 Å². The molecule has 70 valence electrons. The fourth-order valence-corrected chi connectivity index (χ4v) is 0.882. The highest BCUT2D eigenvalue weighted by molar-refractivity contribution is 5.41. The highest BCUT2D eigenvalue weighted by Gasteiger charge is 1.90. The molecule has 0 atom stereocenters. The van der Waals surface area contributed by atoms with Gasteiger partial charge >= 0.3 is 0 Å². The first-order valence-corrected chi connectivity index (χ1v) is 4.51. The van der Waals surface area contributed by atoms with Crippen molar-refractivity contribution in [2.24, 2.45) is 0 Å². The lowest BCUT2D eigenvalue weighted by Gasteiger charge is -1.99. The third-order valence-corrected chi connectivity index (χ3v) is 1.77. The van der Waals surface area contributed by atoms with Crippen LogP contribution in [0, 0.1) is 0 Å². The third-order valence-electron chi connectivity index (χ3n) is 1.77. The van der Waals surface area contributed by atoms with Gasteiger partial charge < -0.3 is 0 Å². The second kappa shape index (κ2) is 7.35. The van der Waals surface area contributed by atoms with Crippen molar-refractivity contribution in [3.63, 3.8) is 0 Å². The summed E-state index contributed by atoms with van der Waals surface area (Å²) in [5.41, 5.74) is 2.47. The molecule has 0 fully saturated rings. The fourth-order valence-electron chi connectivity index (χ4n) is 0.882. The van der Waals surface area contributed by atoms with E-state index in [4.69, 9.17) is 0 Å². The van der Waals surface area contributed by atoms with Gasteiger partial charge in [0.2, 0.25) is 0 Å². The number of hydrogen-bond acceptors (Lipinski definition) is 0. The molecule has 0 rings (SSSR count). The smallest absolute Gasteiger partial charge is 0.0231 e. The van der Waals surface area contributed by atoms with Gasteiger partial charge in [-0.2, -0.15) is 0 Å². The summed E-state index contributed by atoms with van der Waals surface area (Å²) in [6.07, 6.45) is 14.0. The van der Waals surface area contributed by atoms with Crippen LogP contribution in [-0.2, 0) is 0 Å². The van der Waals surface area contributed by atoms with E-state index in [1.54, 1.807) is 0 Å². The van der Waals surface area contributed by atoms with Crippen LogP contribution in [0.25, 0.3) is 0 Å². The van der Waals surface area contributed by atoms with Crippen LogP contribution in [-0.4, -0.2) is 0 Å². The first-order valence-electron chi connectivity index (χ1n) is 4.51. The molecule has 0 unspecified atom stereocenters. The van der Waals surface area contributed by atoms with Crippen LogP contribution in [0.4, 0.5) is 0 Å². The average Bonchev–Trinajstić information content (AvgIpc) is 2.16. The van der Waals surface area contributed by atoms with Gasteiger partial charge in [-0.25, -0.2) is 0 Å². The normalized spacial score (nSPS) is 14.4. The molecule has 0 aromatic rings. The van der Waals surface area contributed by atoms with Crippen LogP contribution in [0.1, 0.15) is 20.8 Å². The van der Waals surface area contributed by atoms with Crippen LogP contribution in [0.5, 0.6) is 0 Å². The Kier molecular flexibility index (Phi) is 6.62. The molecule has 0 aliphatic carbocycles. The third kappa shape index (κ3) is 5.02. The summed E-state index contributed by atoms with van der Waals surface area (Å²) < 4.78 is 0. The van der Waals surface area contributed by atoms with Gasteiger partial charge in [-0.1, -0.05) is 49.1 Å². The van der Waals surface area contributed by atoms with Gasteiger partial charge in [0.15, 0.2) is 0 Å². The lowest BCUT2D eigenvalue weighted by atomic mass is 10.1. The maximum Gasteiger partial charge on any atom is -0.0231 e. The Morgan fingerprint density at radius 1 is 1.15 bits per heavy atom. The van der Waals surface area contributed by atoms with E-state index in [0.29, 0.717) is 0 Å². The van der Waals surface area contributed by atoms with Crippen LogP contribution in [0.2, 0.25) is 0 Å². The van der Waals surface area contributed by atoms with Crippen molar-refractivity contribution in [1.82, 2.24) is 0 Å². The van der Waals surface area contributed by atoms with E-state index in [1.807, 2.05) is 44.2 Å². The molecule has 0 amide bonds. The van der Waals surface area contributed by atoms with Gasteiger partial charge in [0.05, 0.1) is 0 Å². The molecule has 0 saturated carbocycles. The number of allylic oxidation sites excluding steroid dienone is 9. The van der Waals surface area contributed by atoms with Gasteiger partial charge in [0.25, 0.3) is 0 Å². The van der Waals surface area contributed by atoms with Crippen LogP contribution < -0.4 is 0 Å². The Hall–Kier alpha value is -1.30. The Labute approximate surface area is 81.7 Å². The van der Waals surface area contributed by atoms with Gasteiger partial charge in [-0.05, 0) is 31.9 Å². The van der Waals surface area contributed by atoms with E-state index in [0.717, 1.165) is 0 Å². The maximum atomic E-state index is 3.69. The minimum Gasteiger partial charge on any atom is -0.0990 e. The van der Waals surface area contributed by atoms with Crippen molar-refractivity contribution in [2.75, 3.05) is 0 Å². The SMILES string of the molecule is C=C/C=C(/C=C\C=C/C)C(\C)=C/C. The van der Waals surface area contributed by atoms with E-state index in [9.17, 15) is 0 Å². The standard InChI is InChI=1S/C13H18/c1-5-8-9-11-13(10-6-2)12(4)7-3/h5-11H,2H2,1,3-4H3/b8-5-,11-9-,12-7-,13-10-. The minimum absolute atomic E-state index is 1.20. The van der Waals surface area contributed by atoms with Gasteiger partial charge in [0, 0.05) is 0 Å². The fraction of sp³-hybridized carbons (Fsp3) is 0.231. The topological polar surface area (TPSA) is 0 Å². The van der Waals surface area contributed by atoms with Crippen molar-refractivity contribution < 1.29 is 0 Å². The molecule has 0 heteroatoms. The van der Waals surface area contributed by atoms with E-state index >= 15 is 0 Å². The zero-order chi connectivity index (χ0) is 10.1. The Morgan fingerprint density at radius 3 is 2.31 bits per heavy atom. The molecule has 0 aliphatic rings. The first kappa shape index (κ1) is 11.7. The van der Waals surface area contributed by atoms with E-state index in [-0.39, 0.29) is 0 Å². The lowest BCUT2D eigenvalue weighted by Crippen LogP contribution is -1.79. The van der Waals surface area contributed by atoms with Crippen molar-refractivity contribution in [3.05, 3.63) is 60.3 Å². The molecule has 0 aliphatic heterocycles. The molecule has 0 nitrogen and oxygen atoms in total. The summed E-state index contributed by atoms with van der Waals surface area (Å²) in [6, 6.07) is 0. The molecule has 0 N–H and O–H groups in total. The molecule has 0 aromatic carbocycles. The second-order valence-corrected chi connectivity index (χ2v) is 2.71. The number of rotatable bonds is 4. The Balaban J connectivity index is 4.64. The molecule has 0 bridgehead atoms. The second-order valence-electron chi connectivity index (χ2n) is 2.71. The Morgan fingerprint density at radius 2 is 1.85 bits per heavy atom. The zero-order valence-corrected chi connectivity index (χ0v) is 8.75. The molecular formula is C13H18. The molecule has 0 heterocycles. The van der Waals surface area contributed by atoms with Crippen molar-refractivity contribution in [1.29, 1.82) is 0 Å². The molecular weight excluding hydrogens is 156 g/mol.